The van der Waals surface area contributed by atoms with Crippen LogP contribution in [0.3, 0.4) is 0 Å². The molecule has 3 aromatic rings. The second-order valence-corrected chi connectivity index (χ2v) is 14.7. The van der Waals surface area contributed by atoms with E-state index in [1.54, 1.807) is 11.0 Å². The maximum Gasteiger partial charge on any atom is 0.307 e. The molecule has 2 N–H and O–H groups in total. The normalized spacial score (nSPS) is 18.8. The molecule has 0 spiro atoms. The van der Waals surface area contributed by atoms with E-state index < -0.39 is 24.5 Å². The van der Waals surface area contributed by atoms with Crippen molar-refractivity contribution in [2.75, 3.05) is 19.7 Å². The van der Waals surface area contributed by atoms with Gasteiger partial charge in [0.1, 0.15) is 17.7 Å². The van der Waals surface area contributed by atoms with Crippen LogP contribution in [0.4, 0.5) is 4.39 Å². The van der Waals surface area contributed by atoms with E-state index in [1.807, 2.05) is 53.4 Å². The molecule has 274 valence electrons. The van der Waals surface area contributed by atoms with Crippen LogP contribution in [0.15, 0.2) is 76.8 Å². The molecule has 2 bridgehead atoms. The molecule has 2 heterocycles. The molecular weight excluding hydrogens is 757 g/mol. The van der Waals surface area contributed by atoms with Crippen molar-refractivity contribution in [3.8, 4) is 5.75 Å². The van der Waals surface area contributed by atoms with Crippen LogP contribution >= 0.6 is 27.5 Å². The van der Waals surface area contributed by atoms with Crippen molar-refractivity contribution in [1.82, 2.24) is 15.1 Å². The predicted molar refractivity (Wildman–Crippen MR) is 196 cm³/mol. The smallest absolute Gasteiger partial charge is 0.307 e. The first-order valence-electron chi connectivity index (χ1n) is 17.4. The average molecular weight is 797 g/mol. The minimum atomic E-state index is -1.17. The summed E-state index contributed by atoms with van der Waals surface area (Å²) in [5.41, 5.74) is 4.40. The Labute approximate surface area is 315 Å². The second-order valence-electron chi connectivity index (χ2n) is 13.4. The average Bonchev–Trinajstić information content (AvgIpc) is 3.96. The highest BCUT2D eigenvalue weighted by Gasteiger charge is 2.43. The fourth-order valence-corrected chi connectivity index (χ4v) is 7.53. The zero-order valence-electron chi connectivity index (χ0n) is 28.4. The number of nitrogens with zero attached hydrogens (tertiary/aromatic N) is 2. The van der Waals surface area contributed by atoms with Crippen molar-refractivity contribution in [1.29, 1.82) is 0 Å². The Hall–Kier alpha value is -4.26. The van der Waals surface area contributed by atoms with E-state index in [-0.39, 0.29) is 49.2 Å². The van der Waals surface area contributed by atoms with E-state index in [2.05, 4.69) is 21.2 Å². The summed E-state index contributed by atoms with van der Waals surface area (Å²) in [5.74, 6) is -1.53. The van der Waals surface area contributed by atoms with Crippen LogP contribution in [-0.4, -0.2) is 83.1 Å². The first-order chi connectivity index (χ1) is 25.1. The predicted octanol–water partition coefficient (Wildman–Crippen LogP) is 6.18. The molecule has 0 radical (unpaired) electrons. The number of amides is 2. The van der Waals surface area contributed by atoms with Crippen LogP contribution in [0, 0.1) is 5.82 Å². The Kier molecular flexibility index (Phi) is 12.3. The van der Waals surface area contributed by atoms with Gasteiger partial charge in [-0.3, -0.25) is 19.2 Å². The van der Waals surface area contributed by atoms with Gasteiger partial charge in [-0.1, -0.05) is 54.1 Å². The number of nitrogens with one attached hydrogen (secondary N) is 1. The maximum absolute atomic E-state index is 14.8. The Bertz CT molecular complexity index is 1840. The zero-order chi connectivity index (χ0) is 36.8. The first kappa shape index (κ1) is 37.5. The second kappa shape index (κ2) is 17.0. The standard InChI is InChI=1S/C39H40BrClFN3O7/c40-32-14-11-27(42)16-35(32)51-15-3-4-24-7-9-25(10-8-24)31-17-28-21-44(36(47)18-30(52-23-46)19-37(48)49)22-34(43-28)38(31)39(50)45(29-12-13-29)20-26-5-1-2-6-33(26)41/h1-2,5-11,14,16,23,28-30,34,43H,3-4,12-13,15,17-22H2,(H,48,49)/t28-,30+,34-/m1/s1. The summed E-state index contributed by atoms with van der Waals surface area (Å²) >= 11 is 9.94. The summed E-state index contributed by atoms with van der Waals surface area (Å²) in [7, 11) is 0. The lowest BCUT2D eigenvalue weighted by atomic mass is 9.82. The number of ether oxygens (including phenoxy) is 2. The van der Waals surface area contributed by atoms with Gasteiger partial charge in [-0.15, -0.1) is 0 Å². The number of carbonyl (C=O) groups excluding carboxylic acids is 3. The summed E-state index contributed by atoms with van der Waals surface area (Å²) in [5, 5.41) is 13.4. The molecule has 1 saturated heterocycles. The number of rotatable bonds is 16. The largest absolute Gasteiger partial charge is 0.492 e. The quantitative estimate of drug-likeness (QED) is 0.130. The van der Waals surface area contributed by atoms with E-state index in [9.17, 15) is 28.7 Å². The van der Waals surface area contributed by atoms with Crippen LogP contribution in [0.1, 0.15) is 55.2 Å². The zero-order valence-corrected chi connectivity index (χ0v) is 30.8. The molecular formula is C39H40BrClFN3O7. The SMILES string of the molecule is O=CO[C@H](CC(=O)O)CC(=O)N1C[C@H]2CC(c3ccc(CCCOc4cc(F)ccc4Br)cc3)=C(C(=O)N(Cc3ccccc3Cl)C3CC3)[C@@H](C1)N2. The van der Waals surface area contributed by atoms with E-state index in [0.717, 1.165) is 47.9 Å². The van der Waals surface area contributed by atoms with Gasteiger partial charge in [0.05, 0.1) is 30.0 Å². The van der Waals surface area contributed by atoms with Crippen molar-refractivity contribution in [3.05, 3.63) is 104 Å². The van der Waals surface area contributed by atoms with E-state index in [1.165, 1.54) is 12.1 Å². The van der Waals surface area contributed by atoms with Gasteiger partial charge in [0, 0.05) is 48.4 Å². The molecule has 1 saturated carbocycles. The lowest BCUT2D eigenvalue weighted by Crippen LogP contribution is -2.62. The van der Waals surface area contributed by atoms with Gasteiger partial charge in [-0.05, 0) is 88.5 Å². The summed E-state index contributed by atoms with van der Waals surface area (Å²) in [4.78, 5) is 54.1. The number of halogens is 3. The first-order valence-corrected chi connectivity index (χ1v) is 18.6. The number of benzene rings is 3. The molecule has 2 aliphatic heterocycles. The molecule has 3 aliphatic rings. The van der Waals surface area contributed by atoms with Gasteiger partial charge in [0.2, 0.25) is 5.91 Å². The minimum absolute atomic E-state index is 0.0754. The lowest BCUT2D eigenvalue weighted by molar-refractivity contribution is -0.147. The van der Waals surface area contributed by atoms with E-state index in [4.69, 9.17) is 21.1 Å². The molecule has 6 rings (SSSR count). The molecule has 3 aromatic carbocycles. The molecule has 10 nitrogen and oxygen atoms in total. The van der Waals surface area contributed by atoms with Gasteiger partial charge < -0.3 is 29.7 Å². The third kappa shape index (κ3) is 9.39. The van der Waals surface area contributed by atoms with Crippen LogP contribution < -0.4 is 10.1 Å². The number of hydrogen-bond donors (Lipinski definition) is 2. The van der Waals surface area contributed by atoms with Crippen molar-refractivity contribution in [3.63, 3.8) is 0 Å². The maximum atomic E-state index is 14.8. The molecule has 2 fully saturated rings. The number of aliphatic carboxylic acids is 1. The summed E-state index contributed by atoms with van der Waals surface area (Å²) in [6.07, 6.45) is 1.90. The van der Waals surface area contributed by atoms with Crippen molar-refractivity contribution < 1.29 is 38.1 Å². The summed E-state index contributed by atoms with van der Waals surface area (Å²) in [6.45, 7) is 1.48. The molecule has 2 amide bonds. The summed E-state index contributed by atoms with van der Waals surface area (Å²) < 4.78 is 25.0. The van der Waals surface area contributed by atoms with Gasteiger partial charge in [0.15, 0.2) is 0 Å². The Morgan fingerprint density at radius 2 is 1.85 bits per heavy atom. The van der Waals surface area contributed by atoms with Crippen LogP contribution in [-0.2, 0) is 36.9 Å². The molecule has 0 unspecified atom stereocenters. The molecule has 1 aliphatic carbocycles. The van der Waals surface area contributed by atoms with Crippen LogP contribution in [0.5, 0.6) is 5.75 Å². The Morgan fingerprint density at radius 3 is 2.56 bits per heavy atom. The minimum Gasteiger partial charge on any atom is -0.492 e. The lowest BCUT2D eigenvalue weighted by Gasteiger charge is -2.45. The number of carboxylic acid groups (broad SMARTS) is 1. The summed E-state index contributed by atoms with van der Waals surface area (Å²) in [6, 6.07) is 19.4. The van der Waals surface area contributed by atoms with E-state index >= 15 is 0 Å². The number of carboxylic acids is 1. The van der Waals surface area contributed by atoms with Crippen LogP contribution in [0.25, 0.3) is 5.57 Å². The molecule has 13 heteroatoms. The van der Waals surface area contributed by atoms with Gasteiger partial charge in [-0.25, -0.2) is 4.39 Å². The number of fused-ring (bicyclic) bond motifs is 2. The Morgan fingerprint density at radius 1 is 1.08 bits per heavy atom. The molecule has 3 atom stereocenters. The third-order valence-corrected chi connectivity index (χ3v) is 10.7. The van der Waals surface area contributed by atoms with Crippen LogP contribution in [0.2, 0.25) is 5.02 Å². The highest BCUT2D eigenvalue weighted by molar-refractivity contribution is 9.10. The monoisotopic (exact) mass is 795 g/mol. The van der Waals surface area contributed by atoms with Gasteiger partial charge in [0.25, 0.3) is 12.4 Å². The topological polar surface area (TPSA) is 125 Å². The van der Waals surface area contributed by atoms with Gasteiger partial charge in [-0.2, -0.15) is 0 Å². The Balaban J connectivity index is 1.24. The number of carbonyl (C=O) groups is 4. The fraction of sp³-hybridized carbons (Fsp3) is 0.385. The third-order valence-electron chi connectivity index (χ3n) is 9.65. The number of piperazine rings is 1. The van der Waals surface area contributed by atoms with Crippen molar-refractivity contribution in [2.45, 2.75) is 75.7 Å². The molecule has 0 aromatic heterocycles. The molecule has 52 heavy (non-hydrogen) atoms. The fourth-order valence-electron chi connectivity index (χ4n) is 6.97. The number of hydrogen-bond acceptors (Lipinski definition) is 7. The van der Waals surface area contributed by atoms with E-state index in [0.29, 0.717) is 46.9 Å². The van der Waals surface area contributed by atoms with Crippen molar-refractivity contribution >= 4 is 57.4 Å². The van der Waals surface area contributed by atoms with Crippen molar-refractivity contribution in [2.24, 2.45) is 0 Å². The highest BCUT2D eigenvalue weighted by Crippen LogP contribution is 2.38. The highest BCUT2D eigenvalue weighted by atomic mass is 79.9. The number of aryl methyl sites for hydroxylation is 1. The van der Waals surface area contributed by atoms with Gasteiger partial charge >= 0.3 is 5.97 Å².